The zero-order valence-corrected chi connectivity index (χ0v) is 27.2. The first-order valence-corrected chi connectivity index (χ1v) is 17.3. The molecule has 5 heterocycles. The second kappa shape index (κ2) is 14.0. The number of benzene rings is 1. The number of thiophene rings is 1. The first kappa shape index (κ1) is 31.7. The first-order valence-electron chi connectivity index (χ1n) is 16.0. The van der Waals surface area contributed by atoms with E-state index in [1.54, 1.807) is 23.5 Å². The van der Waals surface area contributed by atoms with E-state index in [-0.39, 0.29) is 30.3 Å². The predicted octanol–water partition coefficient (Wildman–Crippen LogP) is 3.45. The minimum atomic E-state index is -0.541. The van der Waals surface area contributed by atoms with E-state index in [1.807, 2.05) is 20.1 Å². The summed E-state index contributed by atoms with van der Waals surface area (Å²) in [6, 6.07) is 6.09. The van der Waals surface area contributed by atoms with Crippen molar-refractivity contribution < 1.29 is 14.4 Å². The van der Waals surface area contributed by atoms with Gasteiger partial charge in [-0.05, 0) is 61.2 Å². The Hall–Kier alpha value is -3.30. The van der Waals surface area contributed by atoms with Gasteiger partial charge in [-0.3, -0.25) is 19.8 Å². The van der Waals surface area contributed by atoms with Gasteiger partial charge in [0.1, 0.15) is 5.00 Å². The molecule has 240 valence electrons. The van der Waals surface area contributed by atoms with Crippen LogP contribution >= 0.6 is 22.9 Å². The number of urea groups is 1. The molecule has 3 saturated heterocycles. The number of amides is 4. The van der Waals surface area contributed by atoms with Crippen LogP contribution < -0.4 is 16.4 Å². The first-order chi connectivity index (χ1) is 21.8. The lowest BCUT2D eigenvalue weighted by atomic mass is 9.91. The molecule has 0 unspecified atom stereocenters. The van der Waals surface area contributed by atoms with Gasteiger partial charge in [0.15, 0.2) is 0 Å². The van der Waals surface area contributed by atoms with Gasteiger partial charge in [-0.25, -0.2) is 4.79 Å². The number of nitrogens with zero attached hydrogens (tertiary/aromatic N) is 4. The fourth-order valence-corrected chi connectivity index (χ4v) is 8.30. The van der Waals surface area contributed by atoms with Crippen LogP contribution in [0.25, 0.3) is 0 Å². The van der Waals surface area contributed by atoms with E-state index < -0.39 is 5.92 Å². The Morgan fingerprint density at radius 1 is 1.04 bits per heavy atom. The number of hydrogen-bond donors (Lipinski definition) is 3. The van der Waals surface area contributed by atoms with Gasteiger partial charge in [0.25, 0.3) is 0 Å². The molecule has 4 aliphatic rings. The quantitative estimate of drug-likeness (QED) is 0.312. The summed E-state index contributed by atoms with van der Waals surface area (Å²) in [6.45, 7) is 7.16. The van der Waals surface area contributed by atoms with Crippen LogP contribution in [0.2, 0.25) is 5.02 Å². The number of likely N-dealkylation sites (tertiary alicyclic amines) is 2. The minimum absolute atomic E-state index is 0.00348. The van der Waals surface area contributed by atoms with Gasteiger partial charge in [0.2, 0.25) is 11.8 Å². The molecule has 45 heavy (non-hydrogen) atoms. The molecule has 2 aromatic rings. The van der Waals surface area contributed by atoms with Gasteiger partial charge in [-0.2, -0.15) is 0 Å². The van der Waals surface area contributed by atoms with Crippen LogP contribution in [0.1, 0.15) is 48.8 Å². The molecule has 4 amide bonds. The van der Waals surface area contributed by atoms with E-state index in [9.17, 15) is 14.4 Å². The minimum Gasteiger partial charge on any atom is -0.397 e. The molecule has 1 aromatic heterocycles. The number of halogens is 1. The number of anilines is 2. The molecule has 3 fully saturated rings. The van der Waals surface area contributed by atoms with Gasteiger partial charge in [0.05, 0.1) is 23.2 Å². The second-order valence-electron chi connectivity index (χ2n) is 12.6. The molecule has 4 N–H and O–H groups in total. The topological polar surface area (TPSA) is 114 Å². The Kier molecular flexibility index (Phi) is 9.85. The summed E-state index contributed by atoms with van der Waals surface area (Å²) >= 11 is 7.94. The molecule has 0 saturated carbocycles. The fraction of sp³-hybridized carbons (Fsp3) is 0.545. The van der Waals surface area contributed by atoms with Crippen molar-refractivity contribution in [3.63, 3.8) is 0 Å². The van der Waals surface area contributed by atoms with Gasteiger partial charge in [-0.15, -0.1) is 17.8 Å². The number of carbonyl (C=O) groups is 3. The number of terminal acetylenes is 1. The van der Waals surface area contributed by atoms with Crippen molar-refractivity contribution in [3.05, 3.63) is 45.3 Å². The molecule has 0 spiro atoms. The standard InChI is InChI=1S/C33H42ClN7O3S/c1-2-23-17-22(19-28(34)30(23)35)18-25(32(43)40-12-3-26(4-13-40)38-14-8-36-9-15-38)20-29(42)39-10-5-27(6-11-39)41-21-24-7-16-45-31(24)37-33(41)44/h1,7,16-17,19,25-27,36H,3-6,8-15,18,20-21,35H2,(H,37,44)/t25-/m0/s1. The van der Waals surface area contributed by atoms with Crippen LogP contribution in [-0.4, -0.2) is 102 Å². The zero-order chi connectivity index (χ0) is 31.5. The van der Waals surface area contributed by atoms with E-state index >= 15 is 0 Å². The smallest absolute Gasteiger partial charge is 0.323 e. The lowest BCUT2D eigenvalue weighted by Gasteiger charge is -2.41. The third kappa shape index (κ3) is 7.09. The molecule has 0 radical (unpaired) electrons. The van der Waals surface area contributed by atoms with Crippen LogP contribution in [0.15, 0.2) is 23.6 Å². The van der Waals surface area contributed by atoms with Gasteiger partial charge < -0.3 is 25.8 Å². The molecular weight excluding hydrogens is 610 g/mol. The largest absolute Gasteiger partial charge is 0.397 e. The normalized spacial score (nSPS) is 20.8. The third-order valence-electron chi connectivity index (χ3n) is 9.87. The molecule has 0 aliphatic carbocycles. The van der Waals surface area contributed by atoms with Gasteiger partial charge in [0, 0.05) is 82.0 Å². The predicted molar refractivity (Wildman–Crippen MR) is 178 cm³/mol. The molecule has 10 nitrogen and oxygen atoms in total. The summed E-state index contributed by atoms with van der Waals surface area (Å²) in [5.74, 6) is 2.01. The van der Waals surface area contributed by atoms with Crippen molar-refractivity contribution in [2.75, 3.05) is 63.4 Å². The highest BCUT2D eigenvalue weighted by Gasteiger charge is 2.36. The van der Waals surface area contributed by atoms with Crippen molar-refractivity contribution in [2.45, 2.75) is 57.2 Å². The van der Waals surface area contributed by atoms with Crippen LogP contribution in [0.3, 0.4) is 0 Å². The highest BCUT2D eigenvalue weighted by Crippen LogP contribution is 2.32. The number of rotatable bonds is 7. The SMILES string of the molecule is C#Cc1cc(C[C@@H](CC(=O)N2CCC(N3Cc4ccsc4NC3=O)CC2)C(=O)N2CCC(N3CCNCC3)CC2)cc(Cl)c1N. The summed E-state index contributed by atoms with van der Waals surface area (Å²) in [5.41, 5.74) is 8.83. The maximum Gasteiger partial charge on any atom is 0.323 e. The average Bonchev–Trinajstić information content (AvgIpc) is 3.53. The molecule has 6 rings (SSSR count). The number of piperazine rings is 1. The highest BCUT2D eigenvalue weighted by atomic mass is 35.5. The summed E-state index contributed by atoms with van der Waals surface area (Å²) < 4.78 is 0. The Morgan fingerprint density at radius 3 is 2.44 bits per heavy atom. The summed E-state index contributed by atoms with van der Waals surface area (Å²) in [5, 5.41) is 9.68. The summed E-state index contributed by atoms with van der Waals surface area (Å²) in [6.07, 6.45) is 9.42. The Bertz CT molecular complexity index is 1450. The molecule has 1 atom stereocenters. The van der Waals surface area contributed by atoms with Crippen molar-refractivity contribution >= 4 is 51.5 Å². The summed E-state index contributed by atoms with van der Waals surface area (Å²) in [4.78, 5) is 48.8. The maximum atomic E-state index is 14.1. The van der Waals surface area contributed by atoms with E-state index in [0.717, 1.165) is 55.1 Å². The lowest BCUT2D eigenvalue weighted by molar-refractivity contribution is -0.143. The number of carbonyl (C=O) groups excluding carboxylic acids is 3. The Morgan fingerprint density at radius 2 is 1.73 bits per heavy atom. The average molecular weight is 652 g/mol. The van der Waals surface area contributed by atoms with Gasteiger partial charge in [-0.1, -0.05) is 17.5 Å². The van der Waals surface area contributed by atoms with Crippen LogP contribution in [0.5, 0.6) is 0 Å². The number of nitrogens with one attached hydrogen (secondary N) is 2. The van der Waals surface area contributed by atoms with Crippen LogP contribution in [-0.2, 0) is 22.6 Å². The molecular formula is C33H42ClN7O3S. The van der Waals surface area contributed by atoms with E-state index in [4.69, 9.17) is 23.8 Å². The zero-order valence-electron chi connectivity index (χ0n) is 25.6. The molecule has 0 bridgehead atoms. The van der Waals surface area contributed by atoms with Gasteiger partial charge >= 0.3 is 6.03 Å². The summed E-state index contributed by atoms with van der Waals surface area (Å²) in [7, 11) is 0. The van der Waals surface area contributed by atoms with E-state index in [1.165, 1.54) is 0 Å². The number of fused-ring (bicyclic) bond motifs is 1. The number of nitrogen functional groups attached to an aromatic ring is 1. The third-order valence-corrected chi connectivity index (χ3v) is 11.1. The number of nitrogens with two attached hydrogens (primary N) is 1. The number of hydrogen-bond acceptors (Lipinski definition) is 7. The fourth-order valence-electron chi connectivity index (χ4n) is 7.26. The maximum absolute atomic E-state index is 14.1. The molecule has 1 aromatic carbocycles. The van der Waals surface area contributed by atoms with Crippen LogP contribution in [0, 0.1) is 18.3 Å². The Balaban J connectivity index is 1.11. The van der Waals surface area contributed by atoms with Crippen LogP contribution in [0.4, 0.5) is 15.5 Å². The van der Waals surface area contributed by atoms with Crippen molar-refractivity contribution in [3.8, 4) is 12.3 Å². The second-order valence-corrected chi connectivity index (χ2v) is 13.9. The van der Waals surface area contributed by atoms with E-state index in [2.05, 4.69) is 27.5 Å². The highest BCUT2D eigenvalue weighted by molar-refractivity contribution is 7.14. The van der Waals surface area contributed by atoms with Crippen molar-refractivity contribution in [1.29, 1.82) is 0 Å². The van der Waals surface area contributed by atoms with Crippen molar-refractivity contribution in [1.82, 2.24) is 24.9 Å². The Labute approximate surface area is 274 Å². The van der Waals surface area contributed by atoms with E-state index in [0.29, 0.717) is 74.3 Å². The number of piperidine rings is 2. The molecule has 12 heteroatoms. The monoisotopic (exact) mass is 651 g/mol. The lowest BCUT2D eigenvalue weighted by Crippen LogP contribution is -2.53. The molecule has 4 aliphatic heterocycles. The van der Waals surface area contributed by atoms with Crippen molar-refractivity contribution in [2.24, 2.45) is 5.92 Å².